The number of nitrogens with one attached hydrogen (secondary N) is 1. The van der Waals surface area contributed by atoms with E-state index in [-0.39, 0.29) is 36.3 Å². The van der Waals surface area contributed by atoms with Crippen LogP contribution in [-0.2, 0) is 9.53 Å². The third-order valence-corrected chi connectivity index (χ3v) is 5.59. The molecule has 2 aliphatic heterocycles. The highest BCUT2D eigenvalue weighted by atomic mass is 79.9. The van der Waals surface area contributed by atoms with Crippen LogP contribution in [0.3, 0.4) is 0 Å². The summed E-state index contributed by atoms with van der Waals surface area (Å²) in [5.74, 6) is -1.17. The van der Waals surface area contributed by atoms with Gasteiger partial charge in [0.1, 0.15) is 0 Å². The smallest absolute Gasteiger partial charge is 0.317 e. The van der Waals surface area contributed by atoms with Gasteiger partial charge in [-0.1, -0.05) is 15.9 Å². The van der Waals surface area contributed by atoms with Crippen molar-refractivity contribution < 1.29 is 23.9 Å². The zero-order valence-corrected chi connectivity index (χ0v) is 17.9. The molecule has 0 bridgehead atoms. The monoisotopic (exact) mass is 465 g/mol. The number of carbonyl (C=O) groups is 4. The molecule has 9 heteroatoms. The lowest BCUT2D eigenvalue weighted by atomic mass is 9.98. The van der Waals surface area contributed by atoms with Crippen LogP contribution in [0.4, 0.5) is 4.79 Å². The number of likely N-dealkylation sites (tertiary alicyclic amines) is 1. The molecule has 1 aromatic rings. The second-order valence-corrected chi connectivity index (χ2v) is 7.99. The molecule has 3 rings (SSSR count). The van der Waals surface area contributed by atoms with Crippen LogP contribution in [0, 0.1) is 5.92 Å². The van der Waals surface area contributed by atoms with E-state index >= 15 is 0 Å². The summed E-state index contributed by atoms with van der Waals surface area (Å²) in [4.78, 5) is 51.9. The van der Waals surface area contributed by atoms with Gasteiger partial charge in [0, 0.05) is 30.7 Å². The minimum atomic E-state index is -0.314. The first-order chi connectivity index (χ1) is 13.9. The molecule has 1 aromatic carbocycles. The Hall–Kier alpha value is -2.42. The number of rotatable bonds is 6. The average molecular weight is 466 g/mol. The SMILES string of the molecule is CCOC(=O)C1CCCN(C(=O)NCCCN2C(=O)c3ccc(Br)cc3C2=O)C1. The fourth-order valence-corrected chi connectivity index (χ4v) is 3.99. The number of halogens is 1. The van der Waals surface area contributed by atoms with E-state index in [1.54, 1.807) is 30.0 Å². The molecule has 156 valence electrons. The molecule has 1 atom stereocenters. The van der Waals surface area contributed by atoms with Gasteiger partial charge in [0.2, 0.25) is 0 Å². The molecule has 2 aliphatic rings. The number of piperidine rings is 1. The maximum Gasteiger partial charge on any atom is 0.317 e. The van der Waals surface area contributed by atoms with Crippen molar-refractivity contribution in [1.29, 1.82) is 0 Å². The van der Waals surface area contributed by atoms with E-state index < -0.39 is 0 Å². The number of hydrogen-bond acceptors (Lipinski definition) is 5. The minimum Gasteiger partial charge on any atom is -0.466 e. The van der Waals surface area contributed by atoms with Gasteiger partial charge in [-0.05, 0) is 44.4 Å². The minimum absolute atomic E-state index is 0.232. The number of esters is 1. The Bertz CT molecular complexity index is 828. The molecule has 0 saturated carbocycles. The number of carbonyl (C=O) groups excluding carboxylic acids is 4. The lowest BCUT2D eigenvalue weighted by molar-refractivity contribution is -0.149. The summed E-state index contributed by atoms with van der Waals surface area (Å²) in [5.41, 5.74) is 0.798. The molecule has 1 fully saturated rings. The second kappa shape index (κ2) is 9.39. The summed E-state index contributed by atoms with van der Waals surface area (Å²) in [6, 6.07) is 4.77. The van der Waals surface area contributed by atoms with Crippen LogP contribution in [0.1, 0.15) is 46.9 Å². The van der Waals surface area contributed by atoms with Crippen LogP contribution in [0.5, 0.6) is 0 Å². The molecule has 0 spiro atoms. The van der Waals surface area contributed by atoms with Gasteiger partial charge in [-0.3, -0.25) is 19.3 Å². The molecule has 8 nitrogen and oxygen atoms in total. The predicted molar refractivity (Wildman–Crippen MR) is 108 cm³/mol. The van der Waals surface area contributed by atoms with Gasteiger partial charge in [0.25, 0.3) is 11.8 Å². The Morgan fingerprint density at radius 2 is 2.00 bits per heavy atom. The third kappa shape index (κ3) is 4.77. The summed E-state index contributed by atoms with van der Waals surface area (Å²) in [6.07, 6.45) is 1.92. The lowest BCUT2D eigenvalue weighted by Gasteiger charge is -2.31. The second-order valence-electron chi connectivity index (χ2n) is 7.07. The van der Waals surface area contributed by atoms with Crippen molar-refractivity contribution in [2.45, 2.75) is 26.2 Å². The van der Waals surface area contributed by atoms with E-state index in [9.17, 15) is 19.2 Å². The summed E-state index contributed by atoms with van der Waals surface area (Å²) in [6.45, 7) is 3.59. The third-order valence-electron chi connectivity index (χ3n) is 5.10. The van der Waals surface area contributed by atoms with Gasteiger partial charge in [0.15, 0.2) is 0 Å². The van der Waals surface area contributed by atoms with Crippen LogP contribution in [0.2, 0.25) is 0 Å². The van der Waals surface area contributed by atoms with Gasteiger partial charge in [-0.25, -0.2) is 4.79 Å². The van der Waals surface area contributed by atoms with Crippen molar-refractivity contribution in [2.24, 2.45) is 5.92 Å². The van der Waals surface area contributed by atoms with Crippen LogP contribution >= 0.6 is 15.9 Å². The lowest BCUT2D eigenvalue weighted by Crippen LogP contribution is -2.47. The molecule has 1 saturated heterocycles. The molecular weight excluding hydrogens is 442 g/mol. The van der Waals surface area contributed by atoms with Crippen molar-refractivity contribution in [3.05, 3.63) is 33.8 Å². The largest absolute Gasteiger partial charge is 0.466 e. The molecule has 29 heavy (non-hydrogen) atoms. The fraction of sp³-hybridized carbons (Fsp3) is 0.500. The standard InChI is InChI=1S/C20H24BrN3O5/c1-2-29-19(27)13-5-3-9-23(12-13)20(28)22-8-4-10-24-17(25)15-7-6-14(21)11-16(15)18(24)26/h6-7,11,13H,2-5,8-10,12H2,1H3,(H,22,28). The molecule has 0 aromatic heterocycles. The highest BCUT2D eigenvalue weighted by Gasteiger charge is 2.35. The predicted octanol–water partition coefficient (Wildman–Crippen LogP) is 2.42. The fourth-order valence-electron chi connectivity index (χ4n) is 3.62. The van der Waals surface area contributed by atoms with E-state index in [2.05, 4.69) is 21.2 Å². The van der Waals surface area contributed by atoms with Crippen molar-refractivity contribution in [3.8, 4) is 0 Å². The number of amides is 4. The summed E-state index contributed by atoms with van der Waals surface area (Å²) in [5, 5.41) is 2.81. The highest BCUT2D eigenvalue weighted by Crippen LogP contribution is 2.26. The highest BCUT2D eigenvalue weighted by molar-refractivity contribution is 9.10. The van der Waals surface area contributed by atoms with E-state index in [4.69, 9.17) is 4.74 Å². The van der Waals surface area contributed by atoms with Crippen molar-refractivity contribution >= 4 is 39.7 Å². The first-order valence-corrected chi connectivity index (χ1v) is 10.6. The Morgan fingerprint density at radius 1 is 1.24 bits per heavy atom. The number of imide groups is 1. The molecule has 1 N–H and O–H groups in total. The zero-order chi connectivity index (χ0) is 21.0. The number of benzene rings is 1. The van der Waals surface area contributed by atoms with Crippen molar-refractivity contribution in [1.82, 2.24) is 15.1 Å². The van der Waals surface area contributed by atoms with E-state index in [0.717, 1.165) is 17.3 Å². The molecule has 0 radical (unpaired) electrons. The number of nitrogens with zero attached hydrogens (tertiary/aromatic N) is 2. The zero-order valence-electron chi connectivity index (χ0n) is 16.3. The van der Waals surface area contributed by atoms with Gasteiger partial charge in [-0.2, -0.15) is 0 Å². The summed E-state index contributed by atoms with van der Waals surface area (Å²) < 4.78 is 5.79. The van der Waals surface area contributed by atoms with Crippen LogP contribution < -0.4 is 5.32 Å². The molecular formula is C20H24BrN3O5. The summed E-state index contributed by atoms with van der Waals surface area (Å²) in [7, 11) is 0. The Labute approximate surface area is 177 Å². The van der Waals surface area contributed by atoms with Gasteiger partial charge in [-0.15, -0.1) is 0 Å². The Balaban J connectivity index is 1.45. The van der Waals surface area contributed by atoms with E-state index in [1.807, 2.05) is 0 Å². The van der Waals surface area contributed by atoms with Gasteiger partial charge < -0.3 is 15.0 Å². The first kappa shape index (κ1) is 21.3. The number of fused-ring (bicyclic) bond motifs is 1. The Kier molecular flexibility index (Phi) is 6.89. The van der Waals surface area contributed by atoms with Crippen LogP contribution in [0.25, 0.3) is 0 Å². The first-order valence-electron chi connectivity index (χ1n) is 9.77. The molecule has 1 unspecified atom stereocenters. The van der Waals surface area contributed by atoms with E-state index in [0.29, 0.717) is 43.8 Å². The van der Waals surface area contributed by atoms with Gasteiger partial charge in [0.05, 0.1) is 23.7 Å². The van der Waals surface area contributed by atoms with Crippen molar-refractivity contribution in [3.63, 3.8) is 0 Å². The topological polar surface area (TPSA) is 96.0 Å². The molecule has 4 amide bonds. The maximum absolute atomic E-state index is 12.4. The van der Waals surface area contributed by atoms with Gasteiger partial charge >= 0.3 is 12.0 Å². The number of ether oxygens (including phenoxy) is 1. The molecule has 2 heterocycles. The normalized spacial score (nSPS) is 18.6. The molecule has 0 aliphatic carbocycles. The quantitative estimate of drug-likeness (QED) is 0.395. The number of urea groups is 1. The Morgan fingerprint density at radius 3 is 2.76 bits per heavy atom. The van der Waals surface area contributed by atoms with Crippen LogP contribution in [0.15, 0.2) is 22.7 Å². The van der Waals surface area contributed by atoms with Crippen molar-refractivity contribution in [2.75, 3.05) is 32.8 Å². The maximum atomic E-state index is 12.4. The van der Waals surface area contributed by atoms with Crippen LogP contribution in [-0.4, -0.2) is 66.4 Å². The number of hydrogen-bond donors (Lipinski definition) is 1. The van der Waals surface area contributed by atoms with E-state index in [1.165, 1.54) is 4.90 Å². The summed E-state index contributed by atoms with van der Waals surface area (Å²) >= 11 is 3.31. The average Bonchev–Trinajstić information content (AvgIpc) is 2.95.